The van der Waals surface area contributed by atoms with Crippen molar-refractivity contribution in [2.24, 2.45) is 0 Å². The Kier molecular flexibility index (Phi) is 7.07. The van der Waals surface area contributed by atoms with Gasteiger partial charge in [-0.15, -0.1) is 0 Å². The molecule has 0 radical (unpaired) electrons. The van der Waals surface area contributed by atoms with E-state index in [0.717, 1.165) is 5.69 Å². The molecule has 6 nitrogen and oxygen atoms in total. The van der Waals surface area contributed by atoms with E-state index in [4.69, 9.17) is 9.16 Å². The Morgan fingerprint density at radius 1 is 1.36 bits per heavy atom. The van der Waals surface area contributed by atoms with Gasteiger partial charge in [0.2, 0.25) is 0 Å². The molecule has 1 atom stereocenters. The summed E-state index contributed by atoms with van der Waals surface area (Å²) in [4.78, 5) is 19.4. The van der Waals surface area contributed by atoms with E-state index in [0.29, 0.717) is 31.7 Å². The minimum atomic E-state index is -1.96. The lowest BCUT2D eigenvalue weighted by atomic mass is 9.98. The first-order valence-corrected chi connectivity index (χ1v) is 12.9. The van der Waals surface area contributed by atoms with Gasteiger partial charge in [-0.1, -0.05) is 20.8 Å². The number of aliphatic hydroxyl groups is 1. The highest BCUT2D eigenvalue weighted by molar-refractivity contribution is 6.74. The average molecular weight is 409 g/mol. The first-order valence-electron chi connectivity index (χ1n) is 10.0. The molecule has 7 heteroatoms. The highest BCUT2D eigenvalue weighted by Crippen LogP contribution is 2.39. The van der Waals surface area contributed by atoms with Gasteiger partial charge in [-0.2, -0.15) is 0 Å². The summed E-state index contributed by atoms with van der Waals surface area (Å²) >= 11 is 0. The summed E-state index contributed by atoms with van der Waals surface area (Å²) in [5.41, 5.74) is 0.877. The summed E-state index contributed by atoms with van der Waals surface area (Å²) in [7, 11) is -1.96. The van der Waals surface area contributed by atoms with E-state index in [2.05, 4.69) is 52.7 Å². The Morgan fingerprint density at radius 3 is 2.64 bits per heavy atom. The number of ether oxygens (including phenoxy) is 1. The van der Waals surface area contributed by atoms with Crippen LogP contribution in [0.15, 0.2) is 18.3 Å². The number of carbonyl (C=O) groups excluding carboxylic acids is 1. The molecule has 1 aliphatic heterocycles. The van der Waals surface area contributed by atoms with Gasteiger partial charge < -0.3 is 19.2 Å². The Morgan fingerprint density at radius 2 is 2.04 bits per heavy atom. The number of morpholine rings is 1. The molecule has 0 aromatic carbocycles. The molecular formula is C21H36N2O4Si. The lowest BCUT2D eigenvalue weighted by Crippen LogP contribution is -2.51. The van der Waals surface area contributed by atoms with E-state index in [1.54, 1.807) is 17.2 Å². The number of aromatic nitrogens is 1. The number of rotatable bonds is 6. The molecule has 1 saturated heterocycles. The summed E-state index contributed by atoms with van der Waals surface area (Å²) in [5, 5.41) is 9.72. The van der Waals surface area contributed by atoms with Gasteiger partial charge in [-0.25, -0.2) is 0 Å². The molecule has 28 heavy (non-hydrogen) atoms. The molecule has 0 unspecified atom stereocenters. The van der Waals surface area contributed by atoms with Crippen molar-refractivity contribution < 1.29 is 19.1 Å². The summed E-state index contributed by atoms with van der Waals surface area (Å²) in [6.07, 6.45) is 2.27. The zero-order valence-electron chi connectivity index (χ0n) is 18.4. The summed E-state index contributed by atoms with van der Waals surface area (Å²) in [6, 6.07) is 3.29. The Hall–Kier alpha value is -1.28. The van der Waals surface area contributed by atoms with Gasteiger partial charge in [0.05, 0.1) is 42.7 Å². The molecule has 0 bridgehead atoms. The predicted molar refractivity (Wildman–Crippen MR) is 113 cm³/mol. The van der Waals surface area contributed by atoms with E-state index in [9.17, 15) is 9.90 Å². The van der Waals surface area contributed by atoms with Gasteiger partial charge in [0, 0.05) is 19.2 Å². The van der Waals surface area contributed by atoms with Crippen molar-refractivity contribution in [3.8, 4) is 0 Å². The van der Waals surface area contributed by atoms with Crippen LogP contribution < -0.4 is 0 Å². The molecule has 1 aromatic heterocycles. The fraction of sp³-hybridized carbons (Fsp3) is 0.714. The van der Waals surface area contributed by atoms with Crippen LogP contribution in [0.4, 0.5) is 0 Å². The molecule has 1 N–H and O–H groups in total. The third kappa shape index (κ3) is 5.41. The maximum atomic E-state index is 13.2. The first kappa shape index (κ1) is 23.0. The zero-order chi connectivity index (χ0) is 21.2. The lowest BCUT2D eigenvalue weighted by molar-refractivity contribution is -0.0185. The maximum absolute atomic E-state index is 13.2. The van der Waals surface area contributed by atoms with Crippen LogP contribution in [0.2, 0.25) is 18.1 Å². The molecule has 0 aliphatic carbocycles. The van der Waals surface area contributed by atoms with Gasteiger partial charge in [0.15, 0.2) is 8.32 Å². The first-order chi connectivity index (χ1) is 12.9. The number of carbonyl (C=O) groups is 1. The van der Waals surface area contributed by atoms with Crippen LogP contribution in [-0.4, -0.2) is 67.2 Å². The van der Waals surface area contributed by atoms with E-state index in [-0.39, 0.29) is 23.6 Å². The van der Waals surface area contributed by atoms with E-state index < -0.39 is 13.9 Å². The number of nitrogens with zero attached hydrogens (tertiary/aromatic N) is 2. The minimum Gasteiger partial charge on any atom is -0.412 e. The summed E-state index contributed by atoms with van der Waals surface area (Å²) < 4.78 is 12.0. The predicted octanol–water partition coefficient (Wildman–Crippen LogP) is 3.26. The van der Waals surface area contributed by atoms with Crippen molar-refractivity contribution in [2.45, 2.75) is 70.8 Å². The van der Waals surface area contributed by atoms with Gasteiger partial charge in [0.1, 0.15) is 0 Å². The molecule has 158 valence electrons. The zero-order valence-corrected chi connectivity index (χ0v) is 19.4. The molecule has 0 spiro atoms. The fourth-order valence-corrected chi connectivity index (χ4v) is 5.04. The highest BCUT2D eigenvalue weighted by Gasteiger charge is 2.42. The molecule has 0 saturated carbocycles. The van der Waals surface area contributed by atoms with E-state index in [1.807, 2.05) is 6.07 Å². The van der Waals surface area contributed by atoms with Crippen molar-refractivity contribution in [1.29, 1.82) is 0 Å². The number of amides is 1. The fourth-order valence-electron chi connectivity index (χ4n) is 3.28. The van der Waals surface area contributed by atoms with Crippen LogP contribution in [0, 0.1) is 0 Å². The molecule has 2 rings (SSSR count). The third-order valence-electron chi connectivity index (χ3n) is 5.75. The van der Waals surface area contributed by atoms with Crippen molar-refractivity contribution in [3.05, 3.63) is 29.6 Å². The molecule has 1 aromatic rings. The van der Waals surface area contributed by atoms with E-state index in [1.165, 1.54) is 0 Å². The number of pyridine rings is 1. The van der Waals surface area contributed by atoms with Crippen LogP contribution in [-0.2, 0) is 15.6 Å². The second-order valence-electron chi connectivity index (χ2n) is 9.71. The molecule has 1 fully saturated rings. The van der Waals surface area contributed by atoms with Gasteiger partial charge >= 0.3 is 0 Å². The van der Waals surface area contributed by atoms with Crippen LogP contribution in [0.5, 0.6) is 0 Å². The summed E-state index contributed by atoms with van der Waals surface area (Å²) in [5.74, 6) is -0.103. The maximum Gasteiger partial charge on any atom is 0.256 e. The monoisotopic (exact) mass is 408 g/mol. The Labute approximate surface area is 170 Å². The molecule has 1 amide bonds. The topological polar surface area (TPSA) is 71.9 Å². The standard InChI is InChI=1S/C21H36N2O4Si/c1-20(2,3)28(6,7)27-21(4,5)13-18-17(9-8-10-22-18)19(25)23-11-12-26-15-16(23)14-24/h8-10,16,24H,11-15H2,1-7H3/t16-/m1/s1. The van der Waals surface area contributed by atoms with Gasteiger partial charge in [-0.05, 0) is 44.1 Å². The normalized spacial score (nSPS) is 19.0. The average Bonchev–Trinajstić information content (AvgIpc) is 2.59. The number of hydrogen-bond acceptors (Lipinski definition) is 5. The van der Waals surface area contributed by atoms with Crippen LogP contribution in [0.1, 0.15) is 50.7 Å². The lowest BCUT2D eigenvalue weighted by Gasteiger charge is -2.43. The summed E-state index contributed by atoms with van der Waals surface area (Å²) in [6.45, 7) is 16.5. The largest absolute Gasteiger partial charge is 0.412 e. The van der Waals surface area contributed by atoms with Crippen LogP contribution >= 0.6 is 0 Å². The third-order valence-corrected chi connectivity index (χ3v) is 10.4. The SMILES string of the molecule is CC(C)(Cc1ncccc1C(=O)N1CCOC[C@H]1CO)O[Si](C)(C)C(C)(C)C. The molecular weight excluding hydrogens is 372 g/mol. The molecule has 2 heterocycles. The quantitative estimate of drug-likeness (QED) is 0.732. The second-order valence-corrected chi connectivity index (χ2v) is 14.4. The van der Waals surface area contributed by atoms with Gasteiger partial charge in [-0.3, -0.25) is 9.78 Å². The van der Waals surface area contributed by atoms with E-state index >= 15 is 0 Å². The van der Waals surface area contributed by atoms with Crippen molar-refractivity contribution in [1.82, 2.24) is 9.88 Å². The van der Waals surface area contributed by atoms with Crippen molar-refractivity contribution >= 4 is 14.2 Å². The Balaban J connectivity index is 2.25. The van der Waals surface area contributed by atoms with Crippen LogP contribution in [0.3, 0.4) is 0 Å². The van der Waals surface area contributed by atoms with Crippen molar-refractivity contribution in [3.63, 3.8) is 0 Å². The van der Waals surface area contributed by atoms with Gasteiger partial charge in [0.25, 0.3) is 5.91 Å². The highest BCUT2D eigenvalue weighted by atomic mass is 28.4. The smallest absolute Gasteiger partial charge is 0.256 e. The number of hydrogen-bond donors (Lipinski definition) is 1. The van der Waals surface area contributed by atoms with Crippen molar-refractivity contribution in [2.75, 3.05) is 26.4 Å². The Bertz CT molecular complexity index is 685. The molecule has 1 aliphatic rings. The number of aliphatic hydroxyl groups excluding tert-OH is 1. The second kappa shape index (κ2) is 8.61. The minimum absolute atomic E-state index is 0.103. The van der Waals surface area contributed by atoms with Crippen LogP contribution in [0.25, 0.3) is 0 Å².